The molecule has 3 rings (SSSR count). The van der Waals surface area contributed by atoms with Gasteiger partial charge in [0.25, 0.3) is 5.91 Å². The highest BCUT2D eigenvalue weighted by Gasteiger charge is 2.55. The lowest BCUT2D eigenvalue weighted by atomic mass is 9.73. The molecule has 1 aromatic carbocycles. The van der Waals surface area contributed by atoms with Crippen molar-refractivity contribution in [3.63, 3.8) is 0 Å². The number of thioether (sulfide) groups is 1. The van der Waals surface area contributed by atoms with Gasteiger partial charge in [-0.2, -0.15) is 0 Å². The minimum Gasteiger partial charge on any atom is -0.324 e. The van der Waals surface area contributed by atoms with Crippen molar-refractivity contribution in [2.45, 2.75) is 43.0 Å². The van der Waals surface area contributed by atoms with Crippen LogP contribution in [-0.2, 0) is 9.59 Å². The Morgan fingerprint density at radius 3 is 2.92 bits per heavy atom. The second-order valence-electron chi connectivity index (χ2n) is 6.72. The summed E-state index contributed by atoms with van der Waals surface area (Å²) in [5.74, 6) is -0.552. The van der Waals surface area contributed by atoms with E-state index in [4.69, 9.17) is 0 Å². The number of nitrogens with zero attached hydrogens (tertiary/aromatic N) is 1. The molecule has 1 heterocycles. The first kappa shape index (κ1) is 17.8. The first-order valence-electron chi connectivity index (χ1n) is 8.54. The minimum absolute atomic E-state index is 0.0871. The van der Waals surface area contributed by atoms with Crippen molar-refractivity contribution >= 4 is 35.3 Å². The molecule has 1 aromatic rings. The molecular formula is C18H23N3O3S. The van der Waals surface area contributed by atoms with Crippen LogP contribution < -0.4 is 10.6 Å². The van der Waals surface area contributed by atoms with Gasteiger partial charge in [0.2, 0.25) is 5.91 Å². The number of hydrogen-bond acceptors (Lipinski definition) is 4. The van der Waals surface area contributed by atoms with E-state index in [2.05, 4.69) is 10.6 Å². The topological polar surface area (TPSA) is 78.5 Å². The van der Waals surface area contributed by atoms with Gasteiger partial charge in [0.15, 0.2) is 0 Å². The highest BCUT2D eigenvalue weighted by molar-refractivity contribution is 7.98. The number of nitrogens with one attached hydrogen (secondary N) is 2. The molecule has 1 spiro atoms. The molecule has 2 N–H and O–H groups in total. The molecular weight excluding hydrogens is 338 g/mol. The van der Waals surface area contributed by atoms with Crippen molar-refractivity contribution in [3.8, 4) is 0 Å². The van der Waals surface area contributed by atoms with Gasteiger partial charge in [-0.05, 0) is 43.2 Å². The van der Waals surface area contributed by atoms with Crippen molar-refractivity contribution in [2.75, 3.05) is 18.1 Å². The van der Waals surface area contributed by atoms with Crippen molar-refractivity contribution in [1.82, 2.24) is 10.2 Å². The second-order valence-corrected chi connectivity index (χ2v) is 7.60. The summed E-state index contributed by atoms with van der Waals surface area (Å²) in [6.45, 7) is 1.73. The number of benzene rings is 1. The molecule has 0 bridgehead atoms. The van der Waals surface area contributed by atoms with Gasteiger partial charge < -0.3 is 10.6 Å². The van der Waals surface area contributed by atoms with Crippen molar-refractivity contribution in [1.29, 1.82) is 0 Å². The fourth-order valence-electron chi connectivity index (χ4n) is 3.68. The third-order valence-corrected chi connectivity index (χ3v) is 5.88. The number of carbonyl (C=O) groups is 3. The van der Waals surface area contributed by atoms with Crippen LogP contribution in [0.1, 0.15) is 32.6 Å². The first-order chi connectivity index (χ1) is 12.0. The lowest BCUT2D eigenvalue weighted by Crippen LogP contribution is -2.54. The fraction of sp³-hybridized carbons (Fsp3) is 0.500. The molecule has 2 aliphatic rings. The molecule has 6 nitrogen and oxygen atoms in total. The maximum absolute atomic E-state index is 12.9. The van der Waals surface area contributed by atoms with Crippen molar-refractivity contribution in [3.05, 3.63) is 24.3 Å². The van der Waals surface area contributed by atoms with Gasteiger partial charge in [0, 0.05) is 10.6 Å². The predicted molar refractivity (Wildman–Crippen MR) is 97.5 cm³/mol. The van der Waals surface area contributed by atoms with Crippen molar-refractivity contribution < 1.29 is 14.4 Å². The third-order valence-electron chi connectivity index (χ3n) is 5.16. The Kier molecular flexibility index (Phi) is 5.03. The van der Waals surface area contributed by atoms with E-state index in [1.165, 1.54) is 0 Å². The number of carbonyl (C=O) groups excluding carboxylic acids is 3. The molecule has 1 saturated heterocycles. The molecule has 1 saturated carbocycles. The van der Waals surface area contributed by atoms with Crippen LogP contribution in [0.5, 0.6) is 0 Å². The Hall–Kier alpha value is -2.02. The first-order valence-corrected chi connectivity index (χ1v) is 9.77. The average Bonchev–Trinajstić information content (AvgIpc) is 2.83. The molecule has 0 unspecified atom stereocenters. The van der Waals surface area contributed by atoms with Gasteiger partial charge in [-0.15, -0.1) is 11.8 Å². The second kappa shape index (κ2) is 7.07. The Morgan fingerprint density at radius 2 is 2.20 bits per heavy atom. The third kappa shape index (κ3) is 3.38. The summed E-state index contributed by atoms with van der Waals surface area (Å²) in [5.41, 5.74) is -0.168. The Morgan fingerprint density at radius 1 is 1.40 bits per heavy atom. The van der Waals surface area contributed by atoms with Crippen molar-refractivity contribution in [2.24, 2.45) is 5.92 Å². The Bertz CT molecular complexity index is 709. The minimum atomic E-state index is -0.825. The van der Waals surface area contributed by atoms with Crippen LogP contribution in [0, 0.1) is 5.92 Å². The molecule has 1 aliphatic heterocycles. The highest BCUT2D eigenvalue weighted by Crippen LogP contribution is 2.38. The summed E-state index contributed by atoms with van der Waals surface area (Å²) < 4.78 is 0. The van der Waals surface area contributed by atoms with Crippen LogP contribution in [0.15, 0.2) is 29.2 Å². The zero-order valence-corrected chi connectivity index (χ0v) is 15.3. The normalized spacial score (nSPS) is 26.0. The molecule has 2 atom stereocenters. The largest absolute Gasteiger partial charge is 0.325 e. The van der Waals surface area contributed by atoms with E-state index in [1.54, 1.807) is 17.8 Å². The maximum Gasteiger partial charge on any atom is 0.325 e. The van der Waals surface area contributed by atoms with E-state index in [9.17, 15) is 14.4 Å². The zero-order valence-electron chi connectivity index (χ0n) is 14.5. The van der Waals surface area contributed by atoms with Gasteiger partial charge in [-0.25, -0.2) is 4.79 Å². The number of rotatable bonds is 4. The number of anilines is 1. The lowest BCUT2D eigenvalue weighted by Gasteiger charge is -2.36. The van der Waals surface area contributed by atoms with Gasteiger partial charge in [-0.1, -0.05) is 25.8 Å². The smallest absolute Gasteiger partial charge is 0.324 e. The van der Waals surface area contributed by atoms with Crippen LogP contribution in [0.4, 0.5) is 10.5 Å². The quantitative estimate of drug-likeness (QED) is 0.638. The summed E-state index contributed by atoms with van der Waals surface area (Å²) in [5, 5.41) is 5.62. The summed E-state index contributed by atoms with van der Waals surface area (Å²) in [7, 11) is 0. The van der Waals surface area contributed by atoms with Crippen LogP contribution in [0.25, 0.3) is 0 Å². The van der Waals surface area contributed by atoms with E-state index in [-0.39, 0.29) is 24.3 Å². The molecule has 4 amide bonds. The van der Waals surface area contributed by atoms with E-state index in [0.29, 0.717) is 12.1 Å². The molecule has 134 valence electrons. The van der Waals surface area contributed by atoms with Crippen LogP contribution >= 0.6 is 11.8 Å². The van der Waals surface area contributed by atoms with Crippen LogP contribution in [0.2, 0.25) is 0 Å². The number of hydrogen-bond donors (Lipinski definition) is 2. The van der Waals surface area contributed by atoms with E-state index in [0.717, 1.165) is 29.1 Å². The molecule has 0 radical (unpaired) electrons. The Balaban J connectivity index is 1.68. The fourth-order valence-corrected chi connectivity index (χ4v) is 4.14. The molecule has 7 heteroatoms. The van der Waals surface area contributed by atoms with Crippen LogP contribution in [0.3, 0.4) is 0 Å². The maximum atomic E-state index is 12.9. The summed E-state index contributed by atoms with van der Waals surface area (Å²) in [6.07, 6.45) is 5.50. The molecule has 2 fully saturated rings. The number of urea groups is 1. The monoisotopic (exact) mass is 361 g/mol. The van der Waals surface area contributed by atoms with E-state index >= 15 is 0 Å². The summed E-state index contributed by atoms with van der Waals surface area (Å²) in [4.78, 5) is 39.6. The van der Waals surface area contributed by atoms with Crippen LogP contribution in [-0.4, -0.2) is 41.1 Å². The Labute approximate surface area is 151 Å². The van der Waals surface area contributed by atoms with E-state index < -0.39 is 11.6 Å². The zero-order chi connectivity index (χ0) is 18.0. The highest BCUT2D eigenvalue weighted by atomic mass is 32.2. The SMILES string of the molecule is CSc1cccc(NC(=O)CN2C(=O)N[C@]3(CCCC[C@@H]3C)C2=O)c1. The van der Waals surface area contributed by atoms with Gasteiger partial charge in [0.1, 0.15) is 12.1 Å². The van der Waals surface area contributed by atoms with E-state index in [1.807, 2.05) is 31.4 Å². The van der Waals surface area contributed by atoms with Gasteiger partial charge in [-0.3, -0.25) is 14.5 Å². The molecule has 25 heavy (non-hydrogen) atoms. The average molecular weight is 361 g/mol. The number of imide groups is 1. The molecule has 1 aliphatic carbocycles. The van der Waals surface area contributed by atoms with Gasteiger partial charge >= 0.3 is 6.03 Å². The predicted octanol–water partition coefficient (Wildman–Crippen LogP) is 2.85. The standard InChI is InChI=1S/C18H23N3O3S/c1-12-6-3-4-9-18(12)16(23)21(17(24)20-18)11-15(22)19-13-7-5-8-14(10-13)25-2/h5,7-8,10,12H,3-4,6,9,11H2,1-2H3,(H,19,22)(H,20,24)/t12-,18-/m0/s1. The summed E-state index contributed by atoms with van der Waals surface area (Å²) >= 11 is 1.58. The molecule has 0 aromatic heterocycles. The summed E-state index contributed by atoms with van der Waals surface area (Å²) in [6, 6.07) is 6.99. The lowest BCUT2D eigenvalue weighted by molar-refractivity contribution is -0.136. The number of amides is 4. The van der Waals surface area contributed by atoms with Gasteiger partial charge in [0.05, 0.1) is 0 Å².